The predicted molar refractivity (Wildman–Crippen MR) is 86.6 cm³/mol. The van der Waals surface area contributed by atoms with E-state index in [1.165, 1.54) is 25.2 Å². The van der Waals surface area contributed by atoms with Crippen molar-refractivity contribution in [2.75, 3.05) is 12.3 Å². The van der Waals surface area contributed by atoms with Gasteiger partial charge in [0.25, 0.3) is 0 Å². The van der Waals surface area contributed by atoms with Gasteiger partial charge in [0.15, 0.2) is 0 Å². The molecule has 1 aliphatic rings. The van der Waals surface area contributed by atoms with Crippen LogP contribution in [0.5, 0.6) is 0 Å². The van der Waals surface area contributed by atoms with Crippen molar-refractivity contribution in [1.82, 2.24) is 0 Å². The molecule has 0 aliphatic carbocycles. The summed E-state index contributed by atoms with van der Waals surface area (Å²) in [6.45, 7) is -1.87. The van der Waals surface area contributed by atoms with Crippen LogP contribution in [0.15, 0.2) is 60.7 Å². The van der Waals surface area contributed by atoms with Gasteiger partial charge < -0.3 is 0 Å². The summed E-state index contributed by atoms with van der Waals surface area (Å²) in [5.41, 5.74) is 0. The molecule has 2 heteroatoms. The Morgan fingerprint density at radius 1 is 0.667 bits per heavy atom. The molecule has 1 aliphatic heterocycles. The minimum absolute atomic E-state index is 1.39. The molecule has 92 valence electrons. The topological polar surface area (TPSA) is 0 Å². The Balaban J connectivity index is 2.24. The van der Waals surface area contributed by atoms with Crippen molar-refractivity contribution >= 4 is 24.7 Å². The standard InChI is InChI=1S/C16H20BP/c17-18(13-7-8-14-18,15-9-3-1-4-10-15)16-11-5-2-6-12-16/h1-6,9-12H,7-8,13-14,17H2. The first-order valence-electron chi connectivity index (χ1n) is 6.85. The molecule has 0 amide bonds. The molecule has 2 aromatic carbocycles. The maximum atomic E-state index is 2.59. The van der Waals surface area contributed by atoms with Crippen molar-refractivity contribution in [3.05, 3.63) is 60.7 Å². The van der Waals surface area contributed by atoms with Crippen molar-refractivity contribution in [3.63, 3.8) is 0 Å². The SMILES string of the molecule is BP1(c2ccccc2)(c2ccccc2)CCCC1. The maximum absolute atomic E-state index is 2.59. The minimum atomic E-state index is -1.87. The molecule has 0 unspecified atom stereocenters. The predicted octanol–water partition coefficient (Wildman–Crippen LogP) is 2.53. The Morgan fingerprint density at radius 3 is 1.44 bits per heavy atom. The van der Waals surface area contributed by atoms with E-state index in [-0.39, 0.29) is 0 Å². The molecule has 0 aromatic heterocycles. The molecule has 0 nitrogen and oxygen atoms in total. The van der Waals surface area contributed by atoms with Crippen molar-refractivity contribution < 1.29 is 0 Å². The molecule has 0 radical (unpaired) electrons. The van der Waals surface area contributed by atoms with Gasteiger partial charge in [-0.3, -0.25) is 0 Å². The van der Waals surface area contributed by atoms with E-state index in [1.807, 2.05) is 0 Å². The second kappa shape index (κ2) is 4.25. The van der Waals surface area contributed by atoms with Crippen LogP contribution in [0.1, 0.15) is 12.8 Å². The van der Waals surface area contributed by atoms with E-state index in [1.54, 1.807) is 10.6 Å². The van der Waals surface area contributed by atoms with Crippen LogP contribution in [0.2, 0.25) is 0 Å². The Bertz CT molecular complexity index is 486. The van der Waals surface area contributed by atoms with Gasteiger partial charge in [-0.2, -0.15) is 0 Å². The van der Waals surface area contributed by atoms with Gasteiger partial charge >= 0.3 is 110 Å². The van der Waals surface area contributed by atoms with Gasteiger partial charge in [-0.1, -0.05) is 0 Å². The average molecular weight is 254 g/mol. The van der Waals surface area contributed by atoms with E-state index >= 15 is 0 Å². The Labute approximate surface area is 111 Å². The van der Waals surface area contributed by atoms with Crippen molar-refractivity contribution in [2.45, 2.75) is 12.8 Å². The van der Waals surface area contributed by atoms with Crippen LogP contribution >= 0.6 is 6.48 Å². The molecular weight excluding hydrogens is 234 g/mol. The van der Waals surface area contributed by atoms with E-state index < -0.39 is 6.48 Å². The first-order chi connectivity index (χ1) is 8.73. The Kier molecular flexibility index (Phi) is 2.83. The molecule has 3 rings (SSSR count). The zero-order valence-electron chi connectivity index (χ0n) is 11.0. The van der Waals surface area contributed by atoms with Gasteiger partial charge in [0.05, 0.1) is 0 Å². The summed E-state index contributed by atoms with van der Waals surface area (Å²) in [6, 6.07) is 22.5. The summed E-state index contributed by atoms with van der Waals surface area (Å²) in [7, 11) is 2.59. The van der Waals surface area contributed by atoms with Gasteiger partial charge in [-0.25, -0.2) is 0 Å². The molecule has 0 atom stereocenters. The second-order valence-electron chi connectivity index (χ2n) is 5.87. The molecular formula is C16H20BP. The average Bonchev–Trinajstić information content (AvgIpc) is 2.87. The Hall–Kier alpha value is -1.07. The molecule has 1 heterocycles. The third kappa shape index (κ3) is 1.65. The summed E-state index contributed by atoms with van der Waals surface area (Å²) in [4.78, 5) is 0. The fourth-order valence-electron chi connectivity index (χ4n) is 3.58. The van der Waals surface area contributed by atoms with E-state index in [2.05, 4.69) is 68.2 Å². The van der Waals surface area contributed by atoms with Crippen molar-refractivity contribution in [2.24, 2.45) is 0 Å². The van der Waals surface area contributed by atoms with Crippen LogP contribution in [-0.4, -0.2) is 19.9 Å². The molecule has 0 N–H and O–H groups in total. The van der Waals surface area contributed by atoms with Crippen LogP contribution in [0.3, 0.4) is 0 Å². The van der Waals surface area contributed by atoms with Gasteiger partial charge in [-0.15, -0.1) is 0 Å². The van der Waals surface area contributed by atoms with Gasteiger partial charge in [0.2, 0.25) is 0 Å². The molecule has 1 saturated heterocycles. The quantitative estimate of drug-likeness (QED) is 0.570. The monoisotopic (exact) mass is 254 g/mol. The van der Waals surface area contributed by atoms with Crippen LogP contribution in [0.25, 0.3) is 0 Å². The van der Waals surface area contributed by atoms with Crippen molar-refractivity contribution in [1.29, 1.82) is 0 Å². The summed E-state index contributed by atoms with van der Waals surface area (Å²) >= 11 is 0. The van der Waals surface area contributed by atoms with E-state index in [9.17, 15) is 0 Å². The van der Waals surface area contributed by atoms with Crippen molar-refractivity contribution in [3.8, 4) is 0 Å². The van der Waals surface area contributed by atoms with Gasteiger partial charge in [-0.05, 0) is 0 Å². The number of hydrogen-bond acceptors (Lipinski definition) is 0. The van der Waals surface area contributed by atoms with Gasteiger partial charge in [0, 0.05) is 0 Å². The Morgan fingerprint density at radius 2 is 1.06 bits per heavy atom. The molecule has 1 fully saturated rings. The van der Waals surface area contributed by atoms with Crippen LogP contribution in [0, 0.1) is 0 Å². The van der Waals surface area contributed by atoms with Crippen LogP contribution in [-0.2, 0) is 0 Å². The number of hydrogen-bond donors (Lipinski definition) is 0. The van der Waals surface area contributed by atoms with Gasteiger partial charge in [0.1, 0.15) is 0 Å². The van der Waals surface area contributed by atoms with E-state index in [0.717, 1.165) is 0 Å². The second-order valence-corrected chi connectivity index (χ2v) is 11.9. The van der Waals surface area contributed by atoms with E-state index in [4.69, 9.17) is 0 Å². The number of benzene rings is 2. The van der Waals surface area contributed by atoms with E-state index in [0.29, 0.717) is 0 Å². The van der Waals surface area contributed by atoms with Crippen LogP contribution in [0.4, 0.5) is 0 Å². The zero-order chi connectivity index (χ0) is 12.5. The number of rotatable bonds is 2. The first kappa shape index (κ1) is 12.0. The molecule has 0 bridgehead atoms. The summed E-state index contributed by atoms with van der Waals surface area (Å²) in [6.07, 6.45) is 5.55. The molecule has 2 aromatic rings. The fourth-order valence-corrected chi connectivity index (χ4v) is 9.38. The molecule has 0 spiro atoms. The summed E-state index contributed by atoms with van der Waals surface area (Å²) < 4.78 is 0. The molecule has 0 saturated carbocycles. The summed E-state index contributed by atoms with van der Waals surface area (Å²) in [5.74, 6) is 0. The fraction of sp³-hybridized carbons (Fsp3) is 0.250. The molecule has 18 heavy (non-hydrogen) atoms. The third-order valence-corrected chi connectivity index (χ3v) is 11.5. The zero-order valence-corrected chi connectivity index (χ0v) is 11.9. The van der Waals surface area contributed by atoms with Crippen LogP contribution < -0.4 is 10.6 Å². The first-order valence-corrected chi connectivity index (χ1v) is 9.90. The third-order valence-electron chi connectivity index (χ3n) is 4.79. The normalized spacial score (nSPS) is 23.0. The summed E-state index contributed by atoms with van der Waals surface area (Å²) in [5, 5.41) is 3.21.